The Morgan fingerprint density at radius 2 is 0.710 bits per heavy atom. The maximum atomic E-state index is 12.8. The lowest BCUT2D eigenvalue weighted by atomic mass is 10.1. The molecule has 0 N–H and O–H groups in total. The Bertz CT molecular complexity index is 1260. The summed E-state index contributed by atoms with van der Waals surface area (Å²) in [7, 11) is 0. The molecule has 0 aromatic carbocycles. The van der Waals surface area contributed by atoms with E-state index in [1.807, 2.05) is 0 Å². The molecule has 0 fully saturated rings. The predicted octanol–water partition coefficient (Wildman–Crippen LogP) is 16.6. The number of carbonyl (C=O) groups is 3. The molecule has 0 aliphatic heterocycles. The molecule has 0 heterocycles. The third kappa shape index (κ3) is 47.4. The summed E-state index contributed by atoms with van der Waals surface area (Å²) in [6.45, 7) is 6.31. The van der Waals surface area contributed by atoms with Crippen molar-refractivity contribution in [1.82, 2.24) is 0 Å². The van der Waals surface area contributed by atoms with Gasteiger partial charge in [-0.05, 0) is 96.3 Å². The number of ether oxygens (including phenoxy) is 3. The molecule has 0 spiro atoms. The first-order valence-electron chi connectivity index (χ1n) is 25.3. The molecule has 6 heteroatoms. The van der Waals surface area contributed by atoms with E-state index < -0.39 is 6.10 Å². The molecule has 62 heavy (non-hydrogen) atoms. The fourth-order valence-corrected chi connectivity index (χ4v) is 6.62. The van der Waals surface area contributed by atoms with Gasteiger partial charge in [-0.3, -0.25) is 14.4 Å². The standard InChI is InChI=1S/C56H92O6/c1-4-7-10-13-16-19-22-25-28-31-34-37-40-43-46-49-55(58)61-52-53(51-60-54(57)48-45-42-39-36-33-30-27-24-21-18-15-12-9-6-3)62-56(59)50-47-44-41-38-35-32-29-26-23-20-17-14-11-8-5-2/h7,9-10,12-13,16-23,26-27,30,53H,4-6,8,11,14-15,24-25,28-29,31-52H2,1-3H3/b10-7-,12-9-,16-13-,20-17-,21-18-,22-19-,26-23-,30-27-. The topological polar surface area (TPSA) is 78.9 Å². The van der Waals surface area contributed by atoms with E-state index in [1.54, 1.807) is 0 Å². The average Bonchev–Trinajstić information content (AvgIpc) is 3.27. The summed E-state index contributed by atoms with van der Waals surface area (Å²) < 4.78 is 16.8. The quantitative estimate of drug-likeness (QED) is 0.0200. The second kappa shape index (κ2) is 50.0. The minimum Gasteiger partial charge on any atom is -0.462 e. The van der Waals surface area contributed by atoms with Crippen LogP contribution in [0.1, 0.15) is 220 Å². The highest BCUT2D eigenvalue weighted by atomic mass is 16.6. The molecule has 6 nitrogen and oxygen atoms in total. The Hall–Kier alpha value is -3.67. The molecule has 0 aliphatic rings. The van der Waals surface area contributed by atoms with E-state index in [9.17, 15) is 14.4 Å². The molecule has 1 atom stereocenters. The van der Waals surface area contributed by atoms with Crippen LogP contribution < -0.4 is 0 Å². The summed E-state index contributed by atoms with van der Waals surface area (Å²) in [5.41, 5.74) is 0. The van der Waals surface area contributed by atoms with E-state index in [0.717, 1.165) is 116 Å². The third-order valence-electron chi connectivity index (χ3n) is 10.4. The molecule has 0 rings (SSSR count). The Kier molecular flexibility index (Phi) is 47.0. The van der Waals surface area contributed by atoms with Gasteiger partial charge in [-0.15, -0.1) is 0 Å². The lowest BCUT2D eigenvalue weighted by molar-refractivity contribution is -0.167. The first-order valence-corrected chi connectivity index (χ1v) is 25.3. The van der Waals surface area contributed by atoms with Crippen LogP contribution in [-0.4, -0.2) is 37.2 Å². The van der Waals surface area contributed by atoms with Gasteiger partial charge in [0.25, 0.3) is 0 Å². The Balaban J connectivity index is 4.47. The van der Waals surface area contributed by atoms with Crippen molar-refractivity contribution in [3.05, 3.63) is 97.2 Å². The van der Waals surface area contributed by atoms with E-state index in [2.05, 4.69) is 118 Å². The Morgan fingerprint density at radius 3 is 1.18 bits per heavy atom. The maximum Gasteiger partial charge on any atom is 0.306 e. The van der Waals surface area contributed by atoms with E-state index in [0.29, 0.717) is 19.3 Å². The van der Waals surface area contributed by atoms with E-state index in [1.165, 1.54) is 64.2 Å². The lowest BCUT2D eigenvalue weighted by Gasteiger charge is -2.18. The minimum atomic E-state index is -0.798. The summed E-state index contributed by atoms with van der Waals surface area (Å²) in [6.07, 6.45) is 65.2. The fraction of sp³-hybridized carbons (Fsp3) is 0.661. The predicted molar refractivity (Wildman–Crippen MR) is 265 cm³/mol. The van der Waals surface area contributed by atoms with Gasteiger partial charge in [-0.25, -0.2) is 0 Å². The van der Waals surface area contributed by atoms with E-state index in [-0.39, 0.29) is 31.1 Å². The second-order valence-corrected chi connectivity index (χ2v) is 16.4. The largest absolute Gasteiger partial charge is 0.462 e. The van der Waals surface area contributed by atoms with Crippen molar-refractivity contribution < 1.29 is 28.6 Å². The average molecular weight is 861 g/mol. The first kappa shape index (κ1) is 58.3. The van der Waals surface area contributed by atoms with Crippen molar-refractivity contribution >= 4 is 17.9 Å². The molecule has 0 aromatic heterocycles. The SMILES string of the molecule is CC\C=C/C=C\C=C/CCCCCCCCCC(=O)OCC(COC(=O)CCCCCC/C=C\C/C=C\C/C=C\CC)OC(=O)CCCCCCCC/C=C\C=C/CCCCC. The highest BCUT2D eigenvalue weighted by Crippen LogP contribution is 2.13. The monoisotopic (exact) mass is 861 g/mol. The molecular formula is C56H92O6. The van der Waals surface area contributed by atoms with Gasteiger partial charge in [0, 0.05) is 19.3 Å². The van der Waals surface area contributed by atoms with Crippen molar-refractivity contribution in [2.45, 2.75) is 226 Å². The van der Waals surface area contributed by atoms with Crippen molar-refractivity contribution in [2.24, 2.45) is 0 Å². The smallest absolute Gasteiger partial charge is 0.306 e. The highest BCUT2D eigenvalue weighted by molar-refractivity contribution is 5.71. The molecule has 1 unspecified atom stereocenters. The zero-order chi connectivity index (χ0) is 45.1. The van der Waals surface area contributed by atoms with Crippen molar-refractivity contribution in [2.75, 3.05) is 13.2 Å². The summed E-state index contributed by atoms with van der Waals surface area (Å²) in [5, 5.41) is 0. The number of hydrogen-bond acceptors (Lipinski definition) is 6. The van der Waals surface area contributed by atoms with E-state index in [4.69, 9.17) is 14.2 Å². The van der Waals surface area contributed by atoms with Gasteiger partial charge >= 0.3 is 17.9 Å². The van der Waals surface area contributed by atoms with Gasteiger partial charge in [0.2, 0.25) is 0 Å². The van der Waals surface area contributed by atoms with Crippen LogP contribution in [0.4, 0.5) is 0 Å². The number of hydrogen-bond donors (Lipinski definition) is 0. The number of rotatable bonds is 44. The van der Waals surface area contributed by atoms with Gasteiger partial charge in [0.15, 0.2) is 6.10 Å². The summed E-state index contributed by atoms with van der Waals surface area (Å²) in [5.74, 6) is -0.947. The van der Waals surface area contributed by atoms with Crippen LogP contribution in [0.15, 0.2) is 97.2 Å². The third-order valence-corrected chi connectivity index (χ3v) is 10.4. The summed E-state index contributed by atoms with van der Waals surface area (Å²) in [4.78, 5) is 38.0. The van der Waals surface area contributed by atoms with Crippen LogP contribution in [0.25, 0.3) is 0 Å². The van der Waals surface area contributed by atoms with Gasteiger partial charge in [-0.2, -0.15) is 0 Å². The molecule has 0 amide bonds. The van der Waals surface area contributed by atoms with Crippen LogP contribution in [0.2, 0.25) is 0 Å². The number of carbonyl (C=O) groups excluding carboxylic acids is 3. The van der Waals surface area contributed by atoms with Crippen LogP contribution in [0.5, 0.6) is 0 Å². The van der Waals surface area contributed by atoms with Crippen molar-refractivity contribution in [1.29, 1.82) is 0 Å². The minimum absolute atomic E-state index is 0.0974. The molecule has 0 saturated heterocycles. The molecule has 0 radical (unpaired) electrons. The van der Waals surface area contributed by atoms with Gasteiger partial charge in [-0.1, -0.05) is 201 Å². The maximum absolute atomic E-state index is 12.8. The van der Waals surface area contributed by atoms with Crippen LogP contribution in [0.3, 0.4) is 0 Å². The fourth-order valence-electron chi connectivity index (χ4n) is 6.62. The molecule has 352 valence electrons. The Labute approximate surface area is 381 Å². The van der Waals surface area contributed by atoms with Gasteiger partial charge in [0.05, 0.1) is 0 Å². The number of esters is 3. The molecule has 0 bridgehead atoms. The number of allylic oxidation sites excluding steroid dienone is 16. The Morgan fingerprint density at radius 1 is 0.355 bits per heavy atom. The molecule has 0 aromatic rings. The zero-order valence-electron chi connectivity index (χ0n) is 40.1. The highest BCUT2D eigenvalue weighted by Gasteiger charge is 2.19. The normalized spacial score (nSPS) is 12.9. The molecule has 0 aliphatic carbocycles. The molecule has 0 saturated carbocycles. The summed E-state index contributed by atoms with van der Waals surface area (Å²) in [6, 6.07) is 0. The van der Waals surface area contributed by atoms with E-state index >= 15 is 0 Å². The zero-order valence-corrected chi connectivity index (χ0v) is 40.1. The first-order chi connectivity index (χ1) is 30.5. The van der Waals surface area contributed by atoms with Crippen molar-refractivity contribution in [3.8, 4) is 0 Å². The molecular weight excluding hydrogens is 769 g/mol. The van der Waals surface area contributed by atoms with Crippen LogP contribution >= 0.6 is 0 Å². The second-order valence-electron chi connectivity index (χ2n) is 16.4. The number of unbranched alkanes of at least 4 members (excludes halogenated alkanes) is 20. The lowest BCUT2D eigenvalue weighted by Crippen LogP contribution is -2.30. The van der Waals surface area contributed by atoms with Crippen molar-refractivity contribution in [3.63, 3.8) is 0 Å². The van der Waals surface area contributed by atoms with Gasteiger partial charge < -0.3 is 14.2 Å². The summed E-state index contributed by atoms with van der Waals surface area (Å²) >= 11 is 0. The van der Waals surface area contributed by atoms with Gasteiger partial charge in [0.1, 0.15) is 13.2 Å². The van der Waals surface area contributed by atoms with Crippen LogP contribution in [0, 0.1) is 0 Å². The van der Waals surface area contributed by atoms with Crippen LogP contribution in [-0.2, 0) is 28.6 Å².